The zero-order valence-electron chi connectivity index (χ0n) is 48.8. The van der Waals surface area contributed by atoms with Gasteiger partial charge in [0.2, 0.25) is 0 Å². The number of hydrogen-bond acceptors (Lipinski definition) is 12. The van der Waals surface area contributed by atoms with Crippen molar-refractivity contribution >= 4 is 80.6 Å². The summed E-state index contributed by atoms with van der Waals surface area (Å²) in [5, 5.41) is 25.8. The van der Waals surface area contributed by atoms with E-state index in [1.54, 1.807) is 56.3 Å². The molecule has 14 nitrogen and oxygen atoms in total. The average molecular weight is 1250 g/mol. The Labute approximate surface area is 560 Å². The van der Waals surface area contributed by atoms with Gasteiger partial charge in [-0.3, -0.25) is 15.4 Å². The predicted octanol–water partition coefficient (Wildman–Crippen LogP) is 10.2. The van der Waals surface area contributed by atoms with Gasteiger partial charge in [0, 0.05) is 55.6 Å². The minimum atomic E-state index is -1.04. The van der Waals surface area contributed by atoms with Crippen molar-refractivity contribution in [3.8, 4) is 44.9 Å². The Morgan fingerprint density at radius 2 is 0.852 bits per heavy atom. The third kappa shape index (κ3) is 14.5. The number of ether oxygens (including phenoxy) is 3. The molecule has 0 spiro atoms. The number of furan rings is 2. The molecular formula is C68H56Cl2F2N2Na2O12. The monoisotopic (exact) mass is 1250 g/mol. The third-order valence-corrected chi connectivity index (χ3v) is 16.0. The van der Waals surface area contributed by atoms with Crippen LogP contribution in [0.5, 0.6) is 0 Å². The summed E-state index contributed by atoms with van der Waals surface area (Å²) in [4.78, 5) is 49.7. The van der Waals surface area contributed by atoms with Crippen molar-refractivity contribution < 1.29 is 126 Å². The minimum Gasteiger partial charge on any atom is -0.870 e. The molecule has 2 aromatic heterocycles. The molecule has 0 bridgehead atoms. The fourth-order valence-corrected chi connectivity index (χ4v) is 11.0. The second-order valence-electron chi connectivity index (χ2n) is 20.5. The van der Waals surface area contributed by atoms with Crippen LogP contribution in [0.3, 0.4) is 0 Å². The number of esters is 1. The molecule has 12 rings (SSSR count). The van der Waals surface area contributed by atoms with Crippen molar-refractivity contribution in [1.82, 2.24) is 0 Å². The fraction of sp³-hybridized carbons (Fsp3) is 0.176. The molecule has 10 aromatic rings. The van der Waals surface area contributed by atoms with E-state index in [-0.39, 0.29) is 76.2 Å². The van der Waals surface area contributed by atoms with Crippen molar-refractivity contribution in [3.05, 3.63) is 226 Å². The molecule has 0 unspecified atom stereocenters. The van der Waals surface area contributed by atoms with Crippen molar-refractivity contribution in [2.24, 2.45) is 0 Å². The zero-order chi connectivity index (χ0) is 60.2. The van der Waals surface area contributed by atoms with Crippen LogP contribution < -0.4 is 74.9 Å². The maximum Gasteiger partial charge on any atom is 1.00 e. The van der Waals surface area contributed by atoms with E-state index < -0.39 is 52.8 Å². The van der Waals surface area contributed by atoms with Crippen LogP contribution in [-0.2, 0) is 34.6 Å². The van der Waals surface area contributed by atoms with Gasteiger partial charge in [-0.05, 0) is 121 Å². The molecule has 0 radical (unpaired) electrons. The molecule has 2 aliphatic rings. The van der Waals surface area contributed by atoms with Crippen LogP contribution in [0.2, 0.25) is 10.0 Å². The van der Waals surface area contributed by atoms with Gasteiger partial charge < -0.3 is 43.5 Å². The quantitative estimate of drug-likeness (QED) is 0.0526. The number of anilines is 2. The molecule has 2 saturated carbocycles. The van der Waals surface area contributed by atoms with Crippen LogP contribution in [0.15, 0.2) is 191 Å². The second kappa shape index (κ2) is 29.3. The van der Waals surface area contributed by atoms with Gasteiger partial charge in [-0.1, -0.05) is 157 Å². The summed E-state index contributed by atoms with van der Waals surface area (Å²) in [6.07, 6.45) is 0.0383. The number of aliphatic hydroxyl groups is 1. The number of fused-ring (bicyclic) bond motifs is 2. The van der Waals surface area contributed by atoms with Crippen molar-refractivity contribution in [3.63, 3.8) is 0 Å². The number of nitrogens with one attached hydrogen (secondary N) is 2. The third-order valence-electron chi connectivity index (χ3n) is 15.3. The molecule has 20 heteroatoms. The molecule has 2 aliphatic carbocycles. The molecule has 0 aliphatic heterocycles. The van der Waals surface area contributed by atoms with E-state index in [1.807, 2.05) is 103 Å². The number of rotatable bonds is 14. The van der Waals surface area contributed by atoms with Gasteiger partial charge in [0.15, 0.2) is 11.5 Å². The summed E-state index contributed by atoms with van der Waals surface area (Å²) in [7, 11) is 2.42. The van der Waals surface area contributed by atoms with Crippen LogP contribution in [-0.4, -0.2) is 48.9 Å². The Morgan fingerprint density at radius 3 is 1.18 bits per heavy atom. The van der Waals surface area contributed by atoms with Crippen LogP contribution in [0.25, 0.3) is 66.8 Å². The van der Waals surface area contributed by atoms with E-state index in [9.17, 15) is 33.1 Å². The number of carbonyl (C=O) groups is 4. The number of aliphatic hydroxyl groups excluding tert-OH is 1. The van der Waals surface area contributed by atoms with Crippen LogP contribution >= 0.6 is 23.2 Å². The number of hydrogen-bond donors (Lipinski definition) is 3. The molecule has 2 fully saturated rings. The maximum atomic E-state index is 14.2. The first-order chi connectivity index (χ1) is 41.0. The van der Waals surface area contributed by atoms with Crippen LogP contribution in [0, 0.1) is 11.6 Å². The van der Waals surface area contributed by atoms with Crippen LogP contribution in [0.1, 0.15) is 74.0 Å². The van der Waals surface area contributed by atoms with Gasteiger partial charge >= 0.3 is 77.3 Å². The second-order valence-corrected chi connectivity index (χ2v) is 21.3. The summed E-state index contributed by atoms with van der Waals surface area (Å²) in [5.74, 6) is -1.46. The van der Waals surface area contributed by atoms with E-state index in [0.717, 1.165) is 53.3 Å². The van der Waals surface area contributed by atoms with Gasteiger partial charge in [0.05, 0.1) is 29.9 Å². The Balaban J connectivity index is 0.000000236. The van der Waals surface area contributed by atoms with Gasteiger partial charge in [-0.25, -0.2) is 18.4 Å². The first kappa shape index (κ1) is 68.2. The molecule has 2 amide bonds. The number of amides is 2. The van der Waals surface area contributed by atoms with Gasteiger partial charge in [0.25, 0.3) is 0 Å². The van der Waals surface area contributed by atoms with Gasteiger partial charge in [0.1, 0.15) is 35.0 Å². The minimum absolute atomic E-state index is 0. The molecule has 88 heavy (non-hydrogen) atoms. The number of benzene rings is 8. The van der Waals surface area contributed by atoms with E-state index in [0.29, 0.717) is 84.3 Å². The maximum absolute atomic E-state index is 14.2. The van der Waals surface area contributed by atoms with Crippen LogP contribution in [0.4, 0.5) is 29.7 Å². The molecular weight excluding hydrogens is 1190 g/mol. The van der Waals surface area contributed by atoms with Crippen molar-refractivity contribution in [1.29, 1.82) is 0 Å². The first-order valence-electron chi connectivity index (χ1n) is 27.1. The molecule has 440 valence electrons. The predicted molar refractivity (Wildman–Crippen MR) is 323 cm³/mol. The standard InChI is InChI=1S/C34H27ClFNO5.C33H25ClFNO5.CH4O.2Na.H2O/c1-20(26-5-3-4-6-28(26)35)41-33(39)37-30-27-19-25(36)15-16-29(27)42-31(30)23-9-7-21(8-10-23)22-11-13-24(14-12-22)34(17-18-34)32(38)40-2;1-19(25-4-2-3-5-27(25)34)40-32(39)36-29-26-18-24(35)14-15-28(26)41-30(29)22-8-6-20(7-9-22)21-10-12-23(13-11-21)33(16-17-33)31(37)38;1-2;;;/h3-16,19-20H,17-18H2,1-2H3,(H,37,39);2-15,18-19H,16-17H2,1H3,(H,36,39)(H,37,38);2H,1H3;;;1H2/q;;;2*+1;/p-2/t20-;19-;;;;/m11..../s1. The van der Waals surface area contributed by atoms with E-state index in [4.69, 9.17) is 51.4 Å². The average Bonchev–Trinajstić information content (AvgIpc) is 2.17. The first-order valence-corrected chi connectivity index (χ1v) is 27.9. The Hall–Kier alpha value is -7.32. The van der Waals surface area contributed by atoms with Gasteiger partial charge in [-0.2, -0.15) is 0 Å². The number of aliphatic carboxylic acids is 1. The molecule has 8 aromatic carbocycles. The number of carboxylic acid groups (broad SMARTS) is 1. The molecule has 2 atom stereocenters. The Bertz CT molecular complexity index is 4120. The van der Waals surface area contributed by atoms with Gasteiger partial charge in [-0.15, -0.1) is 0 Å². The Kier molecular flexibility index (Phi) is 22.7. The fourth-order valence-electron chi connectivity index (χ4n) is 10.4. The molecule has 4 N–H and O–H groups in total. The largest absolute Gasteiger partial charge is 1.00 e. The molecule has 0 saturated heterocycles. The summed E-state index contributed by atoms with van der Waals surface area (Å²) in [5.41, 5.74) is 8.14. The summed E-state index contributed by atoms with van der Waals surface area (Å²) in [6.45, 7) is 3.43. The number of carboxylic acids is 1. The summed E-state index contributed by atoms with van der Waals surface area (Å²) >= 11 is 12.5. The SMILES string of the molecule is CO.COC(=O)C1(c2ccc(-c3ccc(-c4oc5ccc(F)cc5c4NC(=O)O[C@H](C)c4ccccc4Cl)cc3)cc2)CC1.C[C@@H](OC(=O)Nc1c(-c2ccc(-c3ccc(C4(C(=O)[O-])CC4)cc3)cc2)oc2ccc(F)cc12)c1ccccc1Cl.[Na+].[Na+].[OH-]. The number of carbonyl (C=O) groups excluding carboxylic acids is 4. The summed E-state index contributed by atoms with van der Waals surface area (Å²) < 4.78 is 56.7. The topological polar surface area (TPSA) is 220 Å². The smallest absolute Gasteiger partial charge is 0.870 e. The Morgan fingerprint density at radius 1 is 0.523 bits per heavy atom. The van der Waals surface area contributed by atoms with E-state index in [2.05, 4.69) is 10.6 Å². The number of halogens is 4. The molecule has 2 heterocycles. The van der Waals surface area contributed by atoms with Crippen molar-refractivity contribution in [2.45, 2.75) is 62.6 Å². The number of methoxy groups -OCH3 is 1. The van der Waals surface area contributed by atoms with E-state index >= 15 is 0 Å². The summed E-state index contributed by atoms with van der Waals surface area (Å²) in [6, 6.07) is 52.9. The normalized spacial score (nSPS) is 13.6. The van der Waals surface area contributed by atoms with E-state index in [1.165, 1.54) is 43.5 Å². The van der Waals surface area contributed by atoms with Crippen molar-refractivity contribution in [2.75, 3.05) is 24.9 Å². The zero-order valence-corrected chi connectivity index (χ0v) is 54.3.